The van der Waals surface area contributed by atoms with Gasteiger partial charge in [-0.3, -0.25) is 4.79 Å². The molecule has 1 aromatic heterocycles. The number of para-hydroxylation sites is 3. The second kappa shape index (κ2) is 8.52. The molecule has 0 saturated heterocycles. The number of benzene rings is 2. The molecule has 0 aliphatic heterocycles. The van der Waals surface area contributed by atoms with Crippen LogP contribution in [0.5, 0.6) is 5.75 Å². The van der Waals surface area contributed by atoms with Crippen LogP contribution in [0.1, 0.15) is 32.6 Å². The first-order chi connectivity index (χ1) is 12.7. The van der Waals surface area contributed by atoms with Crippen LogP contribution >= 0.6 is 0 Å². The molecule has 2 aromatic carbocycles. The summed E-state index contributed by atoms with van der Waals surface area (Å²) in [5, 5.41) is 9.33. The lowest BCUT2D eigenvalue weighted by atomic mass is 10.2. The molecule has 136 valence electrons. The van der Waals surface area contributed by atoms with Gasteiger partial charge in [0.2, 0.25) is 0 Å². The van der Waals surface area contributed by atoms with Gasteiger partial charge in [-0.15, -0.1) is 0 Å². The van der Waals surface area contributed by atoms with E-state index in [2.05, 4.69) is 11.9 Å². The number of aliphatic carboxylic acids is 1. The Balaban J connectivity index is 1.94. The summed E-state index contributed by atoms with van der Waals surface area (Å²) in [5.41, 5.74) is 2.41. The van der Waals surface area contributed by atoms with E-state index >= 15 is 0 Å². The van der Waals surface area contributed by atoms with Gasteiger partial charge in [-0.2, -0.15) is 0 Å². The zero-order valence-electron chi connectivity index (χ0n) is 15.0. The van der Waals surface area contributed by atoms with Crippen LogP contribution in [0.3, 0.4) is 0 Å². The molecule has 26 heavy (non-hydrogen) atoms. The number of imidazole rings is 1. The van der Waals surface area contributed by atoms with E-state index in [1.54, 1.807) is 4.57 Å². The lowest BCUT2D eigenvalue weighted by molar-refractivity contribution is -0.137. The number of hydrogen-bond donors (Lipinski definition) is 1. The van der Waals surface area contributed by atoms with Gasteiger partial charge in [0.1, 0.15) is 18.1 Å². The van der Waals surface area contributed by atoms with Crippen molar-refractivity contribution >= 4 is 17.0 Å². The van der Waals surface area contributed by atoms with Crippen molar-refractivity contribution in [1.82, 2.24) is 9.55 Å². The number of hydrogen-bond acceptors (Lipinski definition) is 3. The van der Waals surface area contributed by atoms with E-state index in [4.69, 9.17) is 4.74 Å². The molecule has 0 saturated carbocycles. The maximum Gasteiger partial charge on any atom is 0.323 e. The molecule has 5 heteroatoms. The van der Waals surface area contributed by atoms with Gasteiger partial charge in [-0.1, -0.05) is 50.5 Å². The third-order valence-corrected chi connectivity index (χ3v) is 4.33. The average Bonchev–Trinajstić information content (AvgIpc) is 3.00. The molecule has 0 bridgehead atoms. The Morgan fingerprint density at radius 1 is 1.08 bits per heavy atom. The number of carboxylic acid groups (broad SMARTS) is 1. The van der Waals surface area contributed by atoms with Gasteiger partial charge >= 0.3 is 5.97 Å². The highest BCUT2D eigenvalue weighted by molar-refractivity contribution is 5.83. The molecule has 1 heterocycles. The first-order valence-corrected chi connectivity index (χ1v) is 9.10. The van der Waals surface area contributed by atoms with Crippen molar-refractivity contribution in [1.29, 1.82) is 0 Å². The van der Waals surface area contributed by atoms with Crippen molar-refractivity contribution in [3.63, 3.8) is 0 Å². The molecule has 0 aliphatic rings. The number of fused-ring (bicyclic) bond motifs is 1. The SMILES string of the molecule is CCCCCCOc1ccccc1-c1nc2ccccc2n1CC(=O)O. The van der Waals surface area contributed by atoms with Gasteiger partial charge in [-0.05, 0) is 30.7 Å². The molecule has 5 nitrogen and oxygen atoms in total. The summed E-state index contributed by atoms with van der Waals surface area (Å²) in [4.78, 5) is 16.0. The molecular weight excluding hydrogens is 328 g/mol. The number of nitrogens with zero attached hydrogens (tertiary/aromatic N) is 2. The Kier molecular flexibility index (Phi) is 5.89. The number of unbranched alkanes of at least 4 members (excludes halogenated alkanes) is 3. The van der Waals surface area contributed by atoms with E-state index < -0.39 is 5.97 Å². The van der Waals surface area contributed by atoms with Gasteiger partial charge in [0, 0.05) is 0 Å². The molecule has 3 aromatic rings. The summed E-state index contributed by atoms with van der Waals surface area (Å²) in [5.74, 6) is 0.469. The first kappa shape index (κ1) is 18.0. The van der Waals surface area contributed by atoms with Crippen LogP contribution in [0.2, 0.25) is 0 Å². The summed E-state index contributed by atoms with van der Waals surface area (Å²) >= 11 is 0. The van der Waals surface area contributed by atoms with Crippen molar-refractivity contribution in [3.05, 3.63) is 48.5 Å². The Bertz CT molecular complexity index is 886. The molecule has 0 fully saturated rings. The van der Waals surface area contributed by atoms with E-state index in [0.717, 1.165) is 35.2 Å². The van der Waals surface area contributed by atoms with Crippen LogP contribution < -0.4 is 4.74 Å². The number of rotatable bonds is 9. The van der Waals surface area contributed by atoms with Crippen LogP contribution in [-0.4, -0.2) is 27.2 Å². The van der Waals surface area contributed by atoms with E-state index in [-0.39, 0.29) is 6.54 Å². The molecule has 0 aliphatic carbocycles. The fraction of sp³-hybridized carbons (Fsp3) is 0.333. The van der Waals surface area contributed by atoms with E-state index in [1.165, 1.54) is 12.8 Å². The zero-order valence-corrected chi connectivity index (χ0v) is 15.0. The highest BCUT2D eigenvalue weighted by Crippen LogP contribution is 2.32. The maximum absolute atomic E-state index is 11.4. The fourth-order valence-corrected chi connectivity index (χ4v) is 3.06. The van der Waals surface area contributed by atoms with Crippen molar-refractivity contribution < 1.29 is 14.6 Å². The molecule has 0 spiro atoms. The topological polar surface area (TPSA) is 64.4 Å². The van der Waals surface area contributed by atoms with Gasteiger partial charge in [0.15, 0.2) is 0 Å². The van der Waals surface area contributed by atoms with E-state index in [9.17, 15) is 9.90 Å². The van der Waals surface area contributed by atoms with Crippen molar-refractivity contribution in [2.24, 2.45) is 0 Å². The Hall–Kier alpha value is -2.82. The quantitative estimate of drug-likeness (QED) is 0.565. The van der Waals surface area contributed by atoms with Crippen molar-refractivity contribution in [2.75, 3.05) is 6.61 Å². The number of aromatic nitrogens is 2. The Morgan fingerprint density at radius 2 is 1.85 bits per heavy atom. The first-order valence-electron chi connectivity index (χ1n) is 9.10. The maximum atomic E-state index is 11.4. The van der Waals surface area contributed by atoms with E-state index in [1.807, 2.05) is 48.5 Å². The lowest BCUT2D eigenvalue weighted by Gasteiger charge is -2.12. The standard InChI is InChI=1S/C21H24N2O3/c1-2-3-4-9-14-26-19-13-8-5-10-16(19)21-22-17-11-6-7-12-18(17)23(21)15-20(24)25/h5-8,10-13H,2-4,9,14-15H2,1H3,(H,24,25). The largest absolute Gasteiger partial charge is 0.493 e. The average molecular weight is 352 g/mol. The highest BCUT2D eigenvalue weighted by Gasteiger charge is 2.17. The van der Waals surface area contributed by atoms with Gasteiger partial charge in [0.05, 0.1) is 23.2 Å². The lowest BCUT2D eigenvalue weighted by Crippen LogP contribution is -2.10. The van der Waals surface area contributed by atoms with Crippen molar-refractivity contribution in [3.8, 4) is 17.1 Å². The van der Waals surface area contributed by atoms with Crippen LogP contribution in [0.15, 0.2) is 48.5 Å². The zero-order chi connectivity index (χ0) is 18.4. The highest BCUT2D eigenvalue weighted by atomic mass is 16.5. The minimum absolute atomic E-state index is 0.138. The molecule has 0 radical (unpaired) electrons. The molecule has 0 atom stereocenters. The summed E-state index contributed by atoms with van der Waals surface area (Å²) in [6.45, 7) is 2.69. The monoisotopic (exact) mass is 352 g/mol. The third kappa shape index (κ3) is 4.04. The molecule has 0 unspecified atom stereocenters. The van der Waals surface area contributed by atoms with E-state index in [0.29, 0.717) is 12.4 Å². The summed E-state index contributed by atoms with van der Waals surface area (Å²) in [6.07, 6.45) is 4.55. The van der Waals surface area contributed by atoms with Gasteiger partial charge in [0.25, 0.3) is 0 Å². The predicted octanol–water partition coefficient (Wildman–Crippen LogP) is 4.75. The summed E-state index contributed by atoms with van der Waals surface area (Å²) in [6, 6.07) is 15.3. The molecule has 3 rings (SSSR count). The smallest absolute Gasteiger partial charge is 0.323 e. The van der Waals surface area contributed by atoms with Crippen LogP contribution in [0.4, 0.5) is 0 Å². The Morgan fingerprint density at radius 3 is 2.65 bits per heavy atom. The number of carboxylic acids is 1. The van der Waals surface area contributed by atoms with Gasteiger partial charge < -0.3 is 14.4 Å². The Labute approximate surface area is 153 Å². The van der Waals surface area contributed by atoms with Crippen LogP contribution in [-0.2, 0) is 11.3 Å². The molecule has 0 amide bonds. The van der Waals surface area contributed by atoms with Crippen LogP contribution in [0, 0.1) is 0 Å². The molecular formula is C21H24N2O3. The van der Waals surface area contributed by atoms with Crippen molar-refractivity contribution in [2.45, 2.75) is 39.2 Å². The van der Waals surface area contributed by atoms with Crippen LogP contribution in [0.25, 0.3) is 22.4 Å². The number of ether oxygens (including phenoxy) is 1. The summed E-state index contributed by atoms with van der Waals surface area (Å²) in [7, 11) is 0. The minimum atomic E-state index is -0.896. The predicted molar refractivity (Wildman–Crippen MR) is 102 cm³/mol. The molecule has 1 N–H and O–H groups in total. The second-order valence-corrected chi connectivity index (χ2v) is 6.31. The fourth-order valence-electron chi connectivity index (χ4n) is 3.06. The normalized spacial score (nSPS) is 11.0. The number of carbonyl (C=O) groups is 1. The second-order valence-electron chi connectivity index (χ2n) is 6.31. The third-order valence-electron chi connectivity index (χ3n) is 4.33. The summed E-state index contributed by atoms with van der Waals surface area (Å²) < 4.78 is 7.73. The minimum Gasteiger partial charge on any atom is -0.493 e. The van der Waals surface area contributed by atoms with Gasteiger partial charge in [-0.25, -0.2) is 4.98 Å².